The van der Waals surface area contributed by atoms with Crippen molar-refractivity contribution in [2.45, 2.75) is 18.5 Å². The van der Waals surface area contributed by atoms with E-state index < -0.39 is 0 Å². The first-order chi connectivity index (χ1) is 10.1. The molecule has 1 aliphatic heterocycles. The van der Waals surface area contributed by atoms with Crippen molar-refractivity contribution in [3.05, 3.63) is 70.5 Å². The van der Waals surface area contributed by atoms with E-state index in [2.05, 4.69) is 17.0 Å². The van der Waals surface area contributed by atoms with Crippen molar-refractivity contribution in [1.29, 1.82) is 0 Å². The molecule has 0 amide bonds. The van der Waals surface area contributed by atoms with Crippen LogP contribution in [-0.4, -0.2) is 24.0 Å². The first-order valence-electron chi connectivity index (χ1n) is 7.09. The highest BCUT2D eigenvalue weighted by Crippen LogP contribution is 2.27. The maximum absolute atomic E-state index is 13.4. The van der Waals surface area contributed by atoms with Crippen LogP contribution in [0.5, 0.6) is 0 Å². The number of benzene rings is 2. The Bertz CT molecular complexity index is 601. The van der Waals surface area contributed by atoms with Crippen molar-refractivity contribution in [3.8, 4) is 0 Å². The highest BCUT2D eigenvalue weighted by molar-refractivity contribution is 6.30. The summed E-state index contributed by atoms with van der Waals surface area (Å²) in [4.78, 5) is 2.26. The molecule has 2 nitrogen and oxygen atoms in total. The molecule has 2 aromatic carbocycles. The molecule has 0 aliphatic carbocycles. The van der Waals surface area contributed by atoms with E-state index >= 15 is 0 Å². The maximum atomic E-state index is 13.4. The van der Waals surface area contributed by atoms with E-state index in [-0.39, 0.29) is 24.3 Å². The lowest BCUT2D eigenvalue weighted by Crippen LogP contribution is -2.28. The topological polar surface area (TPSA) is 29.3 Å². The molecule has 1 saturated heterocycles. The Morgan fingerprint density at radius 2 is 1.86 bits per heavy atom. The fourth-order valence-electron chi connectivity index (χ4n) is 3.06. The van der Waals surface area contributed by atoms with Gasteiger partial charge in [-0.3, -0.25) is 4.90 Å². The van der Waals surface area contributed by atoms with E-state index in [0.717, 1.165) is 18.7 Å². The quantitative estimate of drug-likeness (QED) is 0.919. The van der Waals surface area contributed by atoms with Gasteiger partial charge in [0.05, 0.1) is 0 Å². The van der Waals surface area contributed by atoms with Gasteiger partial charge in [-0.1, -0.05) is 41.9 Å². The monoisotopic (exact) mass is 340 g/mol. The molecule has 2 N–H and O–H groups in total. The summed E-state index contributed by atoms with van der Waals surface area (Å²) < 4.78 is 13.4. The molecule has 0 radical (unpaired) electrons. The Labute approximate surface area is 141 Å². The van der Waals surface area contributed by atoms with Crippen LogP contribution in [0.25, 0.3) is 0 Å². The van der Waals surface area contributed by atoms with Crippen LogP contribution >= 0.6 is 24.0 Å². The number of halogens is 3. The van der Waals surface area contributed by atoms with E-state index in [9.17, 15) is 4.39 Å². The van der Waals surface area contributed by atoms with Crippen molar-refractivity contribution in [3.63, 3.8) is 0 Å². The number of hydrogen-bond acceptors (Lipinski definition) is 2. The molecule has 2 atom stereocenters. The lowest BCUT2D eigenvalue weighted by atomic mass is 9.95. The predicted octanol–water partition coefficient (Wildman–Crippen LogP) is 3.83. The summed E-state index contributed by atoms with van der Waals surface area (Å²) in [6.07, 6.45) is 0. The minimum atomic E-state index is -0.291. The molecule has 0 spiro atoms. The number of likely N-dealkylation sites (tertiary alicyclic amines) is 1. The zero-order valence-electron chi connectivity index (χ0n) is 12.1. The molecule has 3 rings (SSSR count). The fraction of sp³-hybridized carbons (Fsp3) is 0.294. The van der Waals surface area contributed by atoms with Crippen LogP contribution in [0.15, 0.2) is 48.5 Å². The molecule has 1 heterocycles. The summed E-state index contributed by atoms with van der Waals surface area (Å²) >= 11 is 5.91. The summed E-state index contributed by atoms with van der Waals surface area (Å²) in [5.41, 5.74) is 8.43. The van der Waals surface area contributed by atoms with Gasteiger partial charge in [0.25, 0.3) is 0 Å². The second-order valence-corrected chi connectivity index (χ2v) is 6.09. The van der Waals surface area contributed by atoms with Gasteiger partial charge in [-0.2, -0.15) is 0 Å². The Morgan fingerprint density at radius 1 is 1.14 bits per heavy atom. The van der Waals surface area contributed by atoms with Crippen LogP contribution in [0, 0.1) is 5.82 Å². The van der Waals surface area contributed by atoms with Crippen molar-refractivity contribution in [2.24, 2.45) is 5.73 Å². The van der Waals surface area contributed by atoms with Crippen molar-refractivity contribution < 1.29 is 4.39 Å². The van der Waals surface area contributed by atoms with Gasteiger partial charge in [0.1, 0.15) is 5.82 Å². The van der Waals surface area contributed by atoms with Crippen molar-refractivity contribution >= 4 is 24.0 Å². The molecule has 22 heavy (non-hydrogen) atoms. The van der Waals surface area contributed by atoms with Gasteiger partial charge in [-0.15, -0.1) is 12.4 Å². The number of rotatable bonds is 3. The van der Waals surface area contributed by atoms with Crippen LogP contribution < -0.4 is 5.73 Å². The minimum absolute atomic E-state index is 0. The molecule has 118 valence electrons. The lowest BCUT2D eigenvalue weighted by molar-refractivity contribution is 0.323. The lowest BCUT2D eigenvalue weighted by Gasteiger charge is -2.16. The number of hydrogen-bond donors (Lipinski definition) is 1. The fourth-order valence-corrected chi connectivity index (χ4v) is 3.30. The van der Waals surface area contributed by atoms with Gasteiger partial charge >= 0.3 is 0 Å². The smallest absolute Gasteiger partial charge is 0.125 e. The standard InChI is InChI=1S/C17H18ClFN2.ClH/c18-14-6-12(7-15(19)8-14)9-21-10-16(17(20)11-21)13-4-2-1-3-5-13;/h1-8,16-17H,9-11,20H2;1H/t16-,17+;/m0./s1. The number of nitrogens with two attached hydrogens (primary N) is 1. The number of nitrogens with zero attached hydrogens (tertiary/aromatic N) is 1. The maximum Gasteiger partial charge on any atom is 0.125 e. The van der Waals surface area contributed by atoms with Crippen molar-refractivity contribution in [1.82, 2.24) is 4.90 Å². The zero-order chi connectivity index (χ0) is 14.8. The molecule has 1 aliphatic rings. The third-order valence-electron chi connectivity index (χ3n) is 4.00. The molecule has 0 saturated carbocycles. The van der Waals surface area contributed by atoms with Crippen LogP contribution in [-0.2, 0) is 6.54 Å². The van der Waals surface area contributed by atoms with Crippen molar-refractivity contribution in [2.75, 3.05) is 13.1 Å². The molecule has 0 unspecified atom stereocenters. The third-order valence-corrected chi connectivity index (χ3v) is 4.22. The van der Waals surface area contributed by atoms with Gasteiger partial charge in [-0.05, 0) is 29.3 Å². The third kappa shape index (κ3) is 3.99. The zero-order valence-corrected chi connectivity index (χ0v) is 13.7. The SMILES string of the molecule is Cl.N[C@@H]1CN(Cc2cc(F)cc(Cl)c2)C[C@H]1c1ccccc1. The molecular formula is C17H19Cl2FN2. The highest BCUT2D eigenvalue weighted by Gasteiger charge is 2.31. The second-order valence-electron chi connectivity index (χ2n) is 5.65. The van der Waals surface area contributed by atoms with Gasteiger partial charge in [0.15, 0.2) is 0 Å². The van der Waals surface area contributed by atoms with E-state index in [1.54, 1.807) is 0 Å². The van der Waals surface area contributed by atoms with Crippen LogP contribution in [0.1, 0.15) is 17.0 Å². The minimum Gasteiger partial charge on any atom is -0.326 e. The normalized spacial score (nSPS) is 21.6. The predicted molar refractivity (Wildman–Crippen MR) is 91.1 cm³/mol. The summed E-state index contributed by atoms with van der Waals surface area (Å²) in [6.45, 7) is 2.38. The van der Waals surface area contributed by atoms with E-state index in [4.69, 9.17) is 17.3 Å². The summed E-state index contributed by atoms with van der Waals surface area (Å²) in [7, 11) is 0. The average Bonchev–Trinajstić information content (AvgIpc) is 2.79. The van der Waals surface area contributed by atoms with E-state index in [1.807, 2.05) is 24.3 Å². The summed E-state index contributed by atoms with van der Waals surface area (Å²) in [5.74, 6) is 0.0378. The Morgan fingerprint density at radius 3 is 2.55 bits per heavy atom. The Kier molecular flexibility index (Phi) is 5.81. The van der Waals surface area contributed by atoms with Crippen LogP contribution in [0.4, 0.5) is 4.39 Å². The van der Waals surface area contributed by atoms with Gasteiger partial charge in [0, 0.05) is 36.6 Å². The highest BCUT2D eigenvalue weighted by atomic mass is 35.5. The molecule has 0 aromatic heterocycles. The molecular weight excluding hydrogens is 322 g/mol. The van der Waals surface area contributed by atoms with Gasteiger partial charge in [-0.25, -0.2) is 4.39 Å². The van der Waals surface area contributed by atoms with Crippen LogP contribution in [0.2, 0.25) is 5.02 Å². The summed E-state index contributed by atoms with van der Waals surface area (Å²) in [6, 6.07) is 15.1. The van der Waals surface area contributed by atoms with E-state index in [1.165, 1.54) is 17.7 Å². The average molecular weight is 341 g/mol. The first-order valence-corrected chi connectivity index (χ1v) is 7.47. The van der Waals surface area contributed by atoms with Crippen LogP contribution in [0.3, 0.4) is 0 Å². The molecule has 0 bridgehead atoms. The molecule has 2 aromatic rings. The largest absolute Gasteiger partial charge is 0.326 e. The second kappa shape index (κ2) is 7.42. The van der Waals surface area contributed by atoms with Gasteiger partial charge in [0.2, 0.25) is 0 Å². The Hall–Kier alpha value is -1.13. The van der Waals surface area contributed by atoms with E-state index in [0.29, 0.717) is 17.5 Å². The van der Waals surface area contributed by atoms with Gasteiger partial charge < -0.3 is 5.73 Å². The molecule has 1 fully saturated rings. The first kappa shape index (κ1) is 17.2. The molecule has 5 heteroatoms. The summed E-state index contributed by atoms with van der Waals surface area (Å²) in [5, 5.41) is 0.438. The Balaban J connectivity index is 0.00000176.